The number of carbonyl (C=O) groups is 1. The van der Waals surface area contributed by atoms with E-state index in [1.165, 1.54) is 31.5 Å². The lowest BCUT2D eigenvalue weighted by molar-refractivity contribution is 0.102. The van der Waals surface area contributed by atoms with Crippen LogP contribution in [0.25, 0.3) is 0 Å². The number of rotatable bonds is 3. The Hall–Kier alpha value is -1.95. The minimum absolute atomic E-state index is 0.0292. The number of hydrogen-bond donors (Lipinski definition) is 1. The molecule has 2 rings (SSSR count). The highest BCUT2D eigenvalue weighted by Crippen LogP contribution is 2.19. The van der Waals surface area contributed by atoms with E-state index in [4.69, 9.17) is 4.74 Å². The largest absolute Gasteiger partial charge is 0.494 e. The van der Waals surface area contributed by atoms with Gasteiger partial charge in [0.25, 0.3) is 5.91 Å². The lowest BCUT2D eigenvalue weighted by Gasteiger charge is -2.07. The lowest BCUT2D eigenvalue weighted by Crippen LogP contribution is -2.12. The van der Waals surface area contributed by atoms with E-state index in [2.05, 4.69) is 26.2 Å². The number of hydrogen-bond acceptors (Lipinski definition) is 3. The molecule has 6 heteroatoms. The van der Waals surface area contributed by atoms with E-state index in [9.17, 15) is 9.18 Å². The Kier molecular flexibility index (Phi) is 4.11. The lowest BCUT2D eigenvalue weighted by atomic mass is 10.2. The number of benzene rings is 1. The Labute approximate surface area is 117 Å². The Morgan fingerprint density at radius 3 is 2.79 bits per heavy atom. The molecule has 0 radical (unpaired) electrons. The van der Waals surface area contributed by atoms with Gasteiger partial charge >= 0.3 is 0 Å². The maximum atomic E-state index is 13.2. The first-order valence-corrected chi connectivity index (χ1v) is 6.16. The summed E-state index contributed by atoms with van der Waals surface area (Å²) in [5, 5.41) is 2.66. The number of halogens is 2. The van der Waals surface area contributed by atoms with Crippen molar-refractivity contribution in [2.75, 3.05) is 12.4 Å². The molecule has 0 unspecified atom stereocenters. The molecule has 4 nitrogen and oxygen atoms in total. The van der Waals surface area contributed by atoms with E-state index in [0.29, 0.717) is 15.9 Å². The molecule has 2 aromatic rings. The Balaban J connectivity index is 2.18. The third kappa shape index (κ3) is 3.29. The molecular formula is C13H10BrFN2O2. The fourth-order valence-electron chi connectivity index (χ4n) is 1.45. The Bertz CT molecular complexity index is 602. The van der Waals surface area contributed by atoms with E-state index in [1.807, 2.05) is 0 Å². The highest BCUT2D eigenvalue weighted by molar-refractivity contribution is 9.10. The summed E-state index contributed by atoms with van der Waals surface area (Å²) in [6.45, 7) is 0. The second-order valence-corrected chi connectivity index (χ2v) is 4.49. The third-order valence-corrected chi connectivity index (χ3v) is 2.87. The number of ether oxygens (including phenoxy) is 1. The van der Waals surface area contributed by atoms with Gasteiger partial charge in [-0.1, -0.05) is 0 Å². The maximum absolute atomic E-state index is 13.2. The van der Waals surface area contributed by atoms with Gasteiger partial charge in [-0.15, -0.1) is 0 Å². The van der Waals surface area contributed by atoms with E-state index in [1.54, 1.807) is 12.1 Å². The Morgan fingerprint density at radius 1 is 1.37 bits per heavy atom. The van der Waals surface area contributed by atoms with Gasteiger partial charge in [-0.2, -0.15) is 0 Å². The molecule has 1 aromatic carbocycles. The van der Waals surface area contributed by atoms with Crippen LogP contribution in [0.15, 0.2) is 41.1 Å². The number of carbonyl (C=O) groups excluding carboxylic acids is 1. The van der Waals surface area contributed by atoms with Crippen molar-refractivity contribution >= 4 is 27.5 Å². The summed E-state index contributed by atoms with van der Waals surface area (Å²) in [4.78, 5) is 15.9. The van der Waals surface area contributed by atoms with Gasteiger partial charge in [-0.25, -0.2) is 9.37 Å². The third-order valence-electron chi connectivity index (χ3n) is 2.40. The van der Waals surface area contributed by atoms with Gasteiger partial charge < -0.3 is 10.1 Å². The summed E-state index contributed by atoms with van der Waals surface area (Å²) in [6, 6.07) is 7.33. The summed E-state index contributed by atoms with van der Waals surface area (Å²) in [7, 11) is 1.35. The van der Waals surface area contributed by atoms with Crippen molar-refractivity contribution in [2.45, 2.75) is 0 Å². The van der Waals surface area contributed by atoms with Gasteiger partial charge in [-0.3, -0.25) is 4.79 Å². The zero-order chi connectivity index (χ0) is 13.8. The van der Waals surface area contributed by atoms with Gasteiger partial charge in [-0.05, 0) is 46.3 Å². The highest BCUT2D eigenvalue weighted by Gasteiger charge is 2.10. The quantitative estimate of drug-likeness (QED) is 0.882. The predicted octanol–water partition coefficient (Wildman–Crippen LogP) is 3.24. The number of methoxy groups -OCH3 is 1. The van der Waals surface area contributed by atoms with E-state index >= 15 is 0 Å². The summed E-state index contributed by atoms with van der Waals surface area (Å²) >= 11 is 3.20. The minimum atomic E-state index is -0.510. The summed E-state index contributed by atoms with van der Waals surface area (Å²) in [5.74, 6) is -0.839. The molecule has 1 aromatic heterocycles. The number of amides is 1. The Morgan fingerprint density at radius 2 is 2.16 bits per heavy atom. The summed E-state index contributed by atoms with van der Waals surface area (Å²) in [5.41, 5.74) is 0.859. The van der Waals surface area contributed by atoms with Crippen LogP contribution in [0.5, 0.6) is 5.75 Å². The molecule has 0 spiro atoms. The zero-order valence-electron chi connectivity index (χ0n) is 9.98. The molecule has 0 aliphatic heterocycles. The second-order valence-electron chi connectivity index (χ2n) is 3.67. The number of aromatic nitrogens is 1. The van der Waals surface area contributed by atoms with Crippen molar-refractivity contribution in [3.8, 4) is 5.75 Å². The van der Waals surface area contributed by atoms with Crippen molar-refractivity contribution in [1.29, 1.82) is 0 Å². The first-order chi connectivity index (χ1) is 9.10. The maximum Gasteiger partial charge on any atom is 0.255 e. The fourth-order valence-corrected chi connectivity index (χ4v) is 1.69. The smallest absolute Gasteiger partial charge is 0.255 e. The van der Waals surface area contributed by atoms with Gasteiger partial charge in [0.1, 0.15) is 4.60 Å². The van der Waals surface area contributed by atoms with Crippen LogP contribution in [-0.2, 0) is 0 Å². The number of nitrogens with one attached hydrogen (secondary N) is 1. The van der Waals surface area contributed by atoms with Crippen LogP contribution in [0.4, 0.5) is 10.1 Å². The first-order valence-electron chi connectivity index (χ1n) is 5.36. The molecule has 0 saturated carbocycles. The molecule has 1 amide bonds. The summed E-state index contributed by atoms with van der Waals surface area (Å²) in [6.07, 6.45) is 1.52. The van der Waals surface area contributed by atoms with Gasteiger partial charge in [0.15, 0.2) is 11.6 Å². The molecular weight excluding hydrogens is 315 g/mol. The topological polar surface area (TPSA) is 51.2 Å². The molecule has 1 heterocycles. The first kappa shape index (κ1) is 13.5. The van der Waals surface area contributed by atoms with E-state index in [0.717, 1.165) is 0 Å². The zero-order valence-corrected chi connectivity index (χ0v) is 11.6. The van der Waals surface area contributed by atoms with Gasteiger partial charge in [0, 0.05) is 5.56 Å². The molecule has 19 heavy (non-hydrogen) atoms. The molecule has 0 fully saturated rings. The second kappa shape index (κ2) is 5.79. The predicted molar refractivity (Wildman–Crippen MR) is 72.8 cm³/mol. The average molecular weight is 325 g/mol. The van der Waals surface area contributed by atoms with Crippen LogP contribution in [0.1, 0.15) is 10.4 Å². The van der Waals surface area contributed by atoms with Gasteiger partial charge in [0.05, 0.1) is 19.0 Å². The molecule has 0 bridgehead atoms. The van der Waals surface area contributed by atoms with E-state index < -0.39 is 5.82 Å². The standard InChI is InChI=1S/C13H10BrFN2O2/c1-19-11-6-8(2-4-10(11)15)13(18)17-9-3-5-12(14)16-7-9/h2-7H,1H3,(H,17,18). The van der Waals surface area contributed by atoms with Crippen molar-refractivity contribution in [1.82, 2.24) is 4.98 Å². The van der Waals surface area contributed by atoms with Crippen molar-refractivity contribution in [2.24, 2.45) is 0 Å². The van der Waals surface area contributed by atoms with Crippen molar-refractivity contribution in [3.63, 3.8) is 0 Å². The normalized spacial score (nSPS) is 10.1. The minimum Gasteiger partial charge on any atom is -0.494 e. The van der Waals surface area contributed by atoms with Crippen LogP contribution in [0.2, 0.25) is 0 Å². The SMILES string of the molecule is COc1cc(C(=O)Nc2ccc(Br)nc2)ccc1F. The highest BCUT2D eigenvalue weighted by atomic mass is 79.9. The average Bonchev–Trinajstić information content (AvgIpc) is 2.42. The fraction of sp³-hybridized carbons (Fsp3) is 0.0769. The van der Waals surface area contributed by atoms with Crippen molar-refractivity contribution in [3.05, 3.63) is 52.5 Å². The molecule has 0 atom stereocenters. The number of anilines is 1. The van der Waals surface area contributed by atoms with Crippen LogP contribution in [0.3, 0.4) is 0 Å². The number of nitrogens with zero attached hydrogens (tertiary/aromatic N) is 1. The van der Waals surface area contributed by atoms with Crippen molar-refractivity contribution < 1.29 is 13.9 Å². The molecule has 98 valence electrons. The van der Waals surface area contributed by atoms with Crippen LogP contribution in [-0.4, -0.2) is 18.0 Å². The van der Waals surface area contributed by atoms with Crippen LogP contribution < -0.4 is 10.1 Å². The molecule has 1 N–H and O–H groups in total. The van der Waals surface area contributed by atoms with Crippen LogP contribution in [0, 0.1) is 5.82 Å². The monoisotopic (exact) mass is 324 g/mol. The molecule has 0 aliphatic carbocycles. The van der Waals surface area contributed by atoms with E-state index in [-0.39, 0.29) is 11.7 Å². The number of pyridine rings is 1. The summed E-state index contributed by atoms with van der Waals surface area (Å²) < 4.78 is 18.7. The van der Waals surface area contributed by atoms with Crippen LogP contribution >= 0.6 is 15.9 Å². The molecule has 0 aliphatic rings. The molecule has 0 saturated heterocycles. The van der Waals surface area contributed by atoms with Gasteiger partial charge in [0.2, 0.25) is 0 Å².